The minimum atomic E-state index is -1.00. The van der Waals surface area contributed by atoms with Gasteiger partial charge in [0.2, 0.25) is 0 Å². The fourth-order valence-corrected chi connectivity index (χ4v) is 8.76. The Morgan fingerprint density at radius 2 is 0.466 bits per heavy atom. The van der Waals surface area contributed by atoms with Crippen molar-refractivity contribution in [3.05, 3.63) is 180 Å². The lowest BCUT2D eigenvalue weighted by molar-refractivity contribution is 0.0686. The molecule has 0 aliphatic carbocycles. The Morgan fingerprint density at radius 1 is 0.259 bits per heavy atom. The van der Waals surface area contributed by atoms with Crippen LogP contribution in [0.5, 0.6) is 0 Å². The molecule has 0 spiro atoms. The number of rotatable bonds is 11. The van der Waals surface area contributed by atoms with Crippen LogP contribution in [-0.2, 0) is 0 Å². The summed E-state index contributed by atoms with van der Waals surface area (Å²) in [6.45, 7) is 0. The first-order valence-electron chi connectivity index (χ1n) is 17.8. The molecule has 0 bridgehead atoms. The molecule has 2 heterocycles. The van der Waals surface area contributed by atoms with Gasteiger partial charge in [-0.1, -0.05) is 48.5 Å². The fourth-order valence-electron chi connectivity index (χ4n) is 6.68. The summed E-state index contributed by atoms with van der Waals surface area (Å²) < 4.78 is 0. The Hall–Kier alpha value is -7.40. The molecule has 8 nitrogen and oxygen atoms in total. The van der Waals surface area contributed by atoms with E-state index in [4.69, 9.17) is 0 Å². The van der Waals surface area contributed by atoms with E-state index in [1.807, 2.05) is 12.1 Å². The van der Waals surface area contributed by atoms with Gasteiger partial charge in [-0.2, -0.15) is 0 Å². The van der Waals surface area contributed by atoms with Crippen molar-refractivity contribution >= 4 is 46.6 Å². The molecule has 0 saturated carbocycles. The van der Waals surface area contributed by atoms with E-state index in [1.54, 1.807) is 120 Å². The second-order valence-electron chi connectivity index (χ2n) is 13.5. The van der Waals surface area contributed by atoms with Crippen LogP contribution in [-0.4, -0.2) is 44.3 Å². The number of aromatic carboxylic acids is 4. The molecule has 282 valence electrons. The molecule has 0 unspecified atom stereocenters. The maximum Gasteiger partial charge on any atom is 0.335 e. The zero-order valence-corrected chi connectivity index (χ0v) is 31.9. The second kappa shape index (κ2) is 15.6. The minimum absolute atomic E-state index is 0.189. The first-order valence-corrected chi connectivity index (χ1v) is 19.5. The molecule has 0 radical (unpaired) electrons. The molecule has 0 fully saturated rings. The van der Waals surface area contributed by atoms with Crippen molar-refractivity contribution in [3.8, 4) is 75.1 Å². The average molecular weight is 799 g/mol. The Bertz CT molecular complexity index is 2520. The lowest BCUT2D eigenvalue weighted by Crippen LogP contribution is -1.95. The van der Waals surface area contributed by atoms with Crippen LogP contribution in [0.3, 0.4) is 0 Å². The Balaban J connectivity index is 1.16. The van der Waals surface area contributed by atoms with E-state index in [0.29, 0.717) is 0 Å². The number of hydrogen-bond donors (Lipinski definition) is 4. The molecule has 0 saturated heterocycles. The topological polar surface area (TPSA) is 149 Å². The quantitative estimate of drug-likeness (QED) is 0.101. The average Bonchev–Trinajstić information content (AvgIpc) is 3.95. The highest BCUT2D eigenvalue weighted by Crippen LogP contribution is 2.43. The molecular weight excluding hydrogens is 769 g/mol. The summed E-state index contributed by atoms with van der Waals surface area (Å²) in [6, 6.07) is 47.5. The molecule has 0 aliphatic heterocycles. The van der Waals surface area contributed by atoms with Crippen LogP contribution in [0.4, 0.5) is 0 Å². The molecular formula is C48H30O8S2. The van der Waals surface area contributed by atoms with Crippen LogP contribution in [0.25, 0.3) is 75.1 Å². The van der Waals surface area contributed by atoms with Gasteiger partial charge in [0, 0.05) is 19.5 Å². The van der Waals surface area contributed by atoms with Crippen molar-refractivity contribution in [1.82, 2.24) is 0 Å². The predicted molar refractivity (Wildman–Crippen MR) is 228 cm³/mol. The molecule has 0 aliphatic rings. The van der Waals surface area contributed by atoms with Gasteiger partial charge in [0.15, 0.2) is 0 Å². The monoisotopic (exact) mass is 798 g/mol. The molecule has 0 atom stereocenters. The van der Waals surface area contributed by atoms with Crippen molar-refractivity contribution in [1.29, 1.82) is 0 Å². The third kappa shape index (κ3) is 7.83. The number of thiophene rings is 2. The van der Waals surface area contributed by atoms with E-state index in [0.717, 1.165) is 75.1 Å². The highest BCUT2D eigenvalue weighted by molar-refractivity contribution is 7.25. The van der Waals surface area contributed by atoms with E-state index in [2.05, 4.69) is 48.5 Å². The van der Waals surface area contributed by atoms with Gasteiger partial charge in [0.05, 0.1) is 22.3 Å². The number of carboxylic acids is 4. The molecule has 8 aromatic rings. The van der Waals surface area contributed by atoms with E-state index >= 15 is 0 Å². The van der Waals surface area contributed by atoms with Gasteiger partial charge in [-0.05, 0) is 165 Å². The lowest BCUT2D eigenvalue weighted by atomic mass is 9.94. The molecule has 10 heteroatoms. The third-order valence-electron chi connectivity index (χ3n) is 9.75. The van der Waals surface area contributed by atoms with Gasteiger partial charge >= 0.3 is 23.9 Å². The second-order valence-corrected chi connectivity index (χ2v) is 15.6. The maximum absolute atomic E-state index is 11.5. The summed E-state index contributed by atoms with van der Waals surface area (Å²) >= 11 is 3.27. The summed E-state index contributed by atoms with van der Waals surface area (Å²) in [5, 5.41) is 37.8. The van der Waals surface area contributed by atoms with Crippen molar-refractivity contribution in [3.63, 3.8) is 0 Å². The van der Waals surface area contributed by atoms with Crippen LogP contribution in [0.15, 0.2) is 158 Å². The minimum Gasteiger partial charge on any atom is -0.478 e. The predicted octanol–water partition coefficient (Wildman–Crippen LogP) is 12.3. The molecule has 6 aromatic carbocycles. The normalized spacial score (nSPS) is 11.0. The molecule has 4 N–H and O–H groups in total. The summed E-state index contributed by atoms with van der Waals surface area (Å²) in [5.74, 6) is -4.02. The van der Waals surface area contributed by atoms with Crippen LogP contribution >= 0.6 is 22.7 Å². The van der Waals surface area contributed by atoms with Crippen LogP contribution in [0.2, 0.25) is 0 Å². The fraction of sp³-hybridized carbons (Fsp3) is 0. The Morgan fingerprint density at radius 3 is 0.690 bits per heavy atom. The number of carboxylic acid groups (broad SMARTS) is 4. The standard InChI is InChI=1S/C48H30O8S2/c49-45(50)31-9-1-27(2-10-31)35-21-36(28-3-11-32(12-4-28)46(51)52)24-39(23-35)41-17-19-43(57-41)44-20-18-42(58-44)40-25-37(29-5-13-33(14-6-29)47(53)54)22-38(26-40)30-7-15-34(16-8-30)48(55)56/h1-26H,(H,49,50)(H,51,52)(H,53,54)(H,55,56). The number of carbonyl (C=O) groups is 4. The SMILES string of the molecule is O=C(O)c1ccc(-c2cc(-c3ccc(C(=O)O)cc3)cc(-c3ccc(-c4ccc(-c5cc(-c6ccc(C(=O)O)cc6)cc(-c6ccc(C(=O)O)cc6)c5)s4)s3)c2)cc1. The summed E-state index contributed by atoms with van der Waals surface area (Å²) in [4.78, 5) is 50.3. The maximum atomic E-state index is 11.5. The Labute approximate surface area is 339 Å². The number of hydrogen-bond acceptors (Lipinski definition) is 6. The number of benzene rings is 6. The molecule has 58 heavy (non-hydrogen) atoms. The first-order chi connectivity index (χ1) is 28.0. The summed E-state index contributed by atoms with van der Waals surface area (Å²) in [7, 11) is 0. The zero-order valence-electron chi connectivity index (χ0n) is 30.2. The van der Waals surface area contributed by atoms with Gasteiger partial charge in [-0.15, -0.1) is 22.7 Å². The van der Waals surface area contributed by atoms with Crippen LogP contribution in [0, 0.1) is 0 Å². The van der Waals surface area contributed by atoms with Crippen molar-refractivity contribution in [2.24, 2.45) is 0 Å². The molecule has 0 amide bonds. The van der Waals surface area contributed by atoms with Gasteiger partial charge in [0.1, 0.15) is 0 Å². The molecule has 2 aromatic heterocycles. The van der Waals surface area contributed by atoms with Gasteiger partial charge in [-0.25, -0.2) is 19.2 Å². The van der Waals surface area contributed by atoms with Crippen molar-refractivity contribution in [2.75, 3.05) is 0 Å². The first kappa shape index (κ1) is 37.5. The zero-order chi connectivity index (χ0) is 40.5. The lowest BCUT2D eigenvalue weighted by Gasteiger charge is -2.11. The smallest absolute Gasteiger partial charge is 0.335 e. The van der Waals surface area contributed by atoms with Gasteiger partial charge < -0.3 is 20.4 Å². The highest BCUT2D eigenvalue weighted by Gasteiger charge is 2.15. The van der Waals surface area contributed by atoms with Crippen LogP contribution in [0.1, 0.15) is 41.4 Å². The van der Waals surface area contributed by atoms with E-state index in [1.165, 1.54) is 0 Å². The van der Waals surface area contributed by atoms with E-state index in [-0.39, 0.29) is 22.3 Å². The third-order valence-corrected chi connectivity index (χ3v) is 12.2. The summed E-state index contributed by atoms with van der Waals surface area (Å²) in [6.07, 6.45) is 0. The van der Waals surface area contributed by atoms with E-state index in [9.17, 15) is 39.6 Å². The highest BCUT2D eigenvalue weighted by atomic mass is 32.1. The van der Waals surface area contributed by atoms with Gasteiger partial charge in [0.25, 0.3) is 0 Å². The van der Waals surface area contributed by atoms with Crippen molar-refractivity contribution in [2.45, 2.75) is 0 Å². The van der Waals surface area contributed by atoms with Crippen LogP contribution < -0.4 is 0 Å². The van der Waals surface area contributed by atoms with Crippen molar-refractivity contribution < 1.29 is 39.6 Å². The van der Waals surface area contributed by atoms with E-state index < -0.39 is 23.9 Å². The summed E-state index contributed by atoms with van der Waals surface area (Å²) in [5.41, 5.74) is 9.54. The van der Waals surface area contributed by atoms with Gasteiger partial charge in [-0.3, -0.25) is 0 Å². The molecule has 8 rings (SSSR count). The largest absolute Gasteiger partial charge is 0.478 e. The Kier molecular flexibility index (Phi) is 10.1.